The maximum atomic E-state index is 13.3. The van der Waals surface area contributed by atoms with Crippen molar-refractivity contribution in [3.8, 4) is 11.7 Å². The number of halogens is 1. The Balaban J connectivity index is 1.55. The van der Waals surface area contributed by atoms with Gasteiger partial charge in [0, 0.05) is 56.6 Å². The molecule has 208 valence electrons. The first-order chi connectivity index (χ1) is 18.6. The number of amides is 2. The summed E-state index contributed by atoms with van der Waals surface area (Å²) in [5.74, 6) is 2.05. The highest BCUT2D eigenvalue weighted by Gasteiger charge is 2.33. The monoisotopic (exact) mass is 553 g/mol. The molecule has 4 rings (SSSR count). The van der Waals surface area contributed by atoms with E-state index in [1.54, 1.807) is 42.5 Å². The summed E-state index contributed by atoms with van der Waals surface area (Å²) in [6.45, 7) is 9.46. The van der Waals surface area contributed by atoms with Gasteiger partial charge in [0.15, 0.2) is 0 Å². The van der Waals surface area contributed by atoms with Crippen molar-refractivity contribution in [1.82, 2.24) is 29.7 Å². The lowest BCUT2D eigenvalue weighted by atomic mass is 10.0. The van der Waals surface area contributed by atoms with Crippen molar-refractivity contribution in [1.29, 1.82) is 0 Å². The summed E-state index contributed by atoms with van der Waals surface area (Å²) in [5.41, 5.74) is 1.68. The maximum absolute atomic E-state index is 13.3. The zero-order valence-electron chi connectivity index (χ0n) is 23.1. The van der Waals surface area contributed by atoms with Gasteiger partial charge in [0.2, 0.25) is 17.8 Å². The van der Waals surface area contributed by atoms with E-state index in [-0.39, 0.29) is 36.2 Å². The second-order valence-corrected chi connectivity index (χ2v) is 10.7. The molecule has 11 heteroatoms. The van der Waals surface area contributed by atoms with Gasteiger partial charge >= 0.3 is 0 Å². The quantitative estimate of drug-likeness (QED) is 0.427. The smallest absolute Gasteiger partial charge is 0.237 e. The Morgan fingerprint density at radius 3 is 2.64 bits per heavy atom. The van der Waals surface area contributed by atoms with Gasteiger partial charge in [0.05, 0.1) is 24.2 Å². The van der Waals surface area contributed by atoms with Crippen LogP contribution in [-0.2, 0) is 9.59 Å². The standard InChI is InChI=1S/C28H36ClN7O3/c1-18(2)12-27(38)34-10-11-36(25-13-19(3)31-28(33-25)35-9-8-30-17-35)22(16-34)15-26(37)32-20(4)21-6-7-24(39-5)23(29)14-21/h6-9,13-14,17-18,20,22H,10-12,15-16H2,1-5H3,(H,32,37). The van der Waals surface area contributed by atoms with Crippen LogP contribution in [0.3, 0.4) is 0 Å². The van der Waals surface area contributed by atoms with Crippen molar-refractivity contribution in [2.75, 3.05) is 31.6 Å². The molecule has 3 heterocycles. The lowest BCUT2D eigenvalue weighted by Gasteiger charge is -2.42. The van der Waals surface area contributed by atoms with Crippen molar-refractivity contribution in [2.24, 2.45) is 5.92 Å². The fourth-order valence-electron chi connectivity index (χ4n) is 4.76. The number of piperazine rings is 1. The lowest BCUT2D eigenvalue weighted by molar-refractivity contribution is -0.133. The van der Waals surface area contributed by atoms with Crippen LogP contribution in [0.25, 0.3) is 5.95 Å². The minimum absolute atomic E-state index is 0.106. The zero-order valence-corrected chi connectivity index (χ0v) is 23.9. The van der Waals surface area contributed by atoms with Crippen LogP contribution in [0, 0.1) is 12.8 Å². The van der Waals surface area contributed by atoms with Gasteiger partial charge in [-0.3, -0.25) is 14.2 Å². The topological polar surface area (TPSA) is 105 Å². The average molecular weight is 554 g/mol. The van der Waals surface area contributed by atoms with Crippen molar-refractivity contribution in [3.05, 3.63) is 59.3 Å². The molecule has 1 N–H and O–H groups in total. The number of hydrogen-bond donors (Lipinski definition) is 1. The minimum atomic E-state index is -0.259. The maximum Gasteiger partial charge on any atom is 0.237 e. The van der Waals surface area contributed by atoms with Crippen molar-refractivity contribution in [3.63, 3.8) is 0 Å². The number of ether oxygens (including phenoxy) is 1. The zero-order chi connectivity index (χ0) is 28.1. The normalized spacial score (nSPS) is 16.3. The first-order valence-corrected chi connectivity index (χ1v) is 13.5. The molecule has 0 radical (unpaired) electrons. The van der Waals surface area contributed by atoms with E-state index >= 15 is 0 Å². The summed E-state index contributed by atoms with van der Waals surface area (Å²) < 4.78 is 6.99. The van der Waals surface area contributed by atoms with Gasteiger partial charge < -0.3 is 19.9 Å². The van der Waals surface area contributed by atoms with E-state index in [2.05, 4.69) is 20.2 Å². The van der Waals surface area contributed by atoms with E-state index in [0.717, 1.165) is 17.1 Å². The van der Waals surface area contributed by atoms with Crippen LogP contribution in [0.15, 0.2) is 43.0 Å². The van der Waals surface area contributed by atoms with E-state index in [1.165, 1.54) is 0 Å². The molecular formula is C28H36ClN7O3. The summed E-state index contributed by atoms with van der Waals surface area (Å²) in [6, 6.07) is 6.87. The molecule has 0 aliphatic carbocycles. The molecule has 1 aliphatic heterocycles. The van der Waals surface area contributed by atoms with Crippen LogP contribution in [-0.4, -0.2) is 69.0 Å². The Hall–Kier alpha value is -3.66. The van der Waals surface area contributed by atoms with Crippen molar-refractivity contribution in [2.45, 2.75) is 52.6 Å². The SMILES string of the molecule is COc1ccc(C(C)NC(=O)CC2CN(C(=O)CC(C)C)CCN2c2cc(C)nc(-n3ccnc3)n2)cc1Cl. The second kappa shape index (κ2) is 12.5. The van der Waals surface area contributed by atoms with Gasteiger partial charge in [0.1, 0.15) is 17.9 Å². The molecule has 3 aromatic rings. The number of rotatable bonds is 9. The Morgan fingerprint density at radius 1 is 1.18 bits per heavy atom. The number of methoxy groups -OCH3 is 1. The molecule has 1 fully saturated rings. The largest absolute Gasteiger partial charge is 0.495 e. The number of nitrogens with one attached hydrogen (secondary N) is 1. The van der Waals surface area contributed by atoms with Crippen molar-refractivity contribution < 1.29 is 14.3 Å². The predicted molar refractivity (Wildman–Crippen MR) is 150 cm³/mol. The van der Waals surface area contributed by atoms with E-state index < -0.39 is 0 Å². The molecule has 2 aromatic heterocycles. The Kier molecular flexibility index (Phi) is 9.06. The molecule has 0 spiro atoms. The molecule has 0 bridgehead atoms. The number of carbonyl (C=O) groups is 2. The molecule has 2 unspecified atom stereocenters. The summed E-state index contributed by atoms with van der Waals surface area (Å²) >= 11 is 6.30. The van der Waals surface area contributed by atoms with Crippen LogP contribution in [0.5, 0.6) is 5.75 Å². The highest BCUT2D eigenvalue weighted by Crippen LogP contribution is 2.28. The lowest BCUT2D eigenvalue weighted by Crippen LogP contribution is -2.56. The third kappa shape index (κ3) is 7.06. The van der Waals surface area contributed by atoms with Crippen LogP contribution >= 0.6 is 11.6 Å². The Morgan fingerprint density at radius 2 is 1.97 bits per heavy atom. The number of aryl methyl sites for hydroxylation is 1. The third-order valence-corrected chi connectivity index (χ3v) is 7.05. The summed E-state index contributed by atoms with van der Waals surface area (Å²) in [7, 11) is 1.56. The number of nitrogens with zero attached hydrogens (tertiary/aromatic N) is 6. The van der Waals surface area contributed by atoms with Crippen LogP contribution in [0.4, 0.5) is 5.82 Å². The number of imidazole rings is 1. The molecule has 39 heavy (non-hydrogen) atoms. The fraction of sp³-hybridized carbons (Fsp3) is 0.464. The average Bonchev–Trinajstić information content (AvgIpc) is 3.43. The predicted octanol–water partition coefficient (Wildman–Crippen LogP) is 3.96. The van der Waals surface area contributed by atoms with Gasteiger partial charge in [0.25, 0.3) is 0 Å². The number of anilines is 1. The number of aromatic nitrogens is 4. The molecule has 2 atom stereocenters. The summed E-state index contributed by atoms with van der Waals surface area (Å²) in [4.78, 5) is 43.7. The highest BCUT2D eigenvalue weighted by atomic mass is 35.5. The van der Waals surface area contributed by atoms with Gasteiger partial charge in [-0.15, -0.1) is 0 Å². The molecule has 1 aliphatic rings. The van der Waals surface area contributed by atoms with Gasteiger partial charge in [-0.05, 0) is 37.5 Å². The van der Waals surface area contributed by atoms with E-state index in [1.807, 2.05) is 44.7 Å². The Bertz CT molecular complexity index is 1300. The molecule has 0 saturated carbocycles. The fourth-order valence-corrected chi connectivity index (χ4v) is 5.03. The summed E-state index contributed by atoms with van der Waals surface area (Å²) in [5, 5.41) is 3.58. The number of benzene rings is 1. The van der Waals surface area contributed by atoms with Gasteiger partial charge in [-0.2, -0.15) is 4.98 Å². The number of hydrogen-bond acceptors (Lipinski definition) is 7. The van der Waals surface area contributed by atoms with Crippen LogP contribution < -0.4 is 15.0 Å². The van der Waals surface area contributed by atoms with Crippen LogP contribution in [0.1, 0.15) is 50.9 Å². The Labute approximate surface area is 234 Å². The van der Waals surface area contributed by atoms with E-state index in [9.17, 15) is 9.59 Å². The first kappa shape index (κ1) is 28.4. The molecule has 2 amide bonds. The summed E-state index contributed by atoms with van der Waals surface area (Å²) in [6.07, 6.45) is 5.79. The van der Waals surface area contributed by atoms with Crippen molar-refractivity contribution >= 4 is 29.2 Å². The third-order valence-electron chi connectivity index (χ3n) is 6.75. The molecule has 1 saturated heterocycles. The van der Waals surface area contributed by atoms with E-state index in [0.29, 0.717) is 42.8 Å². The number of carbonyl (C=O) groups excluding carboxylic acids is 2. The van der Waals surface area contributed by atoms with Gasteiger partial charge in [-0.25, -0.2) is 9.97 Å². The second-order valence-electron chi connectivity index (χ2n) is 10.3. The minimum Gasteiger partial charge on any atom is -0.495 e. The molecular weight excluding hydrogens is 518 g/mol. The molecule has 10 nitrogen and oxygen atoms in total. The first-order valence-electron chi connectivity index (χ1n) is 13.2. The van der Waals surface area contributed by atoms with Crippen LogP contribution in [0.2, 0.25) is 5.02 Å². The van der Waals surface area contributed by atoms with E-state index in [4.69, 9.17) is 21.3 Å². The molecule has 1 aromatic carbocycles. The highest BCUT2D eigenvalue weighted by molar-refractivity contribution is 6.32. The van der Waals surface area contributed by atoms with Gasteiger partial charge in [-0.1, -0.05) is 31.5 Å².